The molecule has 0 saturated carbocycles. The maximum atomic E-state index is 12.5. The van der Waals surface area contributed by atoms with Crippen molar-refractivity contribution in [3.05, 3.63) is 52.6 Å². The van der Waals surface area contributed by atoms with Gasteiger partial charge in [0.1, 0.15) is 4.83 Å². The van der Waals surface area contributed by atoms with Gasteiger partial charge in [-0.1, -0.05) is 30.3 Å². The van der Waals surface area contributed by atoms with Gasteiger partial charge in [0.05, 0.1) is 24.2 Å². The van der Waals surface area contributed by atoms with E-state index in [0.29, 0.717) is 18.4 Å². The predicted octanol–water partition coefficient (Wildman–Crippen LogP) is 3.35. The average molecular weight is 295 g/mol. The normalized spacial score (nSPS) is 10.7. The molecular weight excluding hydrogens is 282 g/mol. The summed E-state index contributed by atoms with van der Waals surface area (Å²) in [5.41, 5.74) is 2.00. The molecule has 3 rings (SSSR count). The third-order valence-corrected chi connectivity index (χ3v) is 4.67. The van der Waals surface area contributed by atoms with Crippen molar-refractivity contribution in [1.29, 1.82) is 5.26 Å². The molecule has 2 heterocycles. The molecule has 3 aromatic rings. The molecule has 104 valence electrons. The van der Waals surface area contributed by atoms with Crippen LogP contribution in [0.4, 0.5) is 0 Å². The average Bonchev–Trinajstić information content (AvgIpc) is 2.85. The Morgan fingerprint density at radius 2 is 2.10 bits per heavy atom. The fourth-order valence-electron chi connectivity index (χ4n) is 2.35. The molecule has 0 spiro atoms. The van der Waals surface area contributed by atoms with E-state index in [1.807, 2.05) is 37.3 Å². The van der Waals surface area contributed by atoms with Crippen LogP contribution in [0.3, 0.4) is 0 Å². The van der Waals surface area contributed by atoms with Crippen molar-refractivity contribution < 1.29 is 0 Å². The number of hydrogen-bond donors (Lipinski definition) is 0. The van der Waals surface area contributed by atoms with Crippen LogP contribution < -0.4 is 5.56 Å². The van der Waals surface area contributed by atoms with E-state index >= 15 is 0 Å². The number of aromatic nitrogens is 2. The SMILES string of the molecule is Cc1c(-c2ccccc2)sc2ncn(CCC#N)c(=O)c12. The maximum absolute atomic E-state index is 12.5. The van der Waals surface area contributed by atoms with Crippen molar-refractivity contribution in [3.63, 3.8) is 0 Å². The molecule has 0 aliphatic rings. The van der Waals surface area contributed by atoms with Gasteiger partial charge in [0, 0.05) is 11.4 Å². The van der Waals surface area contributed by atoms with Crippen molar-refractivity contribution in [2.45, 2.75) is 19.9 Å². The van der Waals surface area contributed by atoms with Gasteiger partial charge < -0.3 is 0 Å². The molecule has 1 aromatic carbocycles. The number of nitriles is 1. The van der Waals surface area contributed by atoms with Crippen LogP contribution in [0.5, 0.6) is 0 Å². The monoisotopic (exact) mass is 295 g/mol. The smallest absolute Gasteiger partial charge is 0.262 e. The largest absolute Gasteiger partial charge is 0.298 e. The van der Waals surface area contributed by atoms with Gasteiger partial charge in [0.2, 0.25) is 0 Å². The quantitative estimate of drug-likeness (QED) is 0.744. The van der Waals surface area contributed by atoms with Gasteiger partial charge in [-0.3, -0.25) is 9.36 Å². The Kier molecular flexibility index (Phi) is 3.55. The first kappa shape index (κ1) is 13.5. The van der Waals surface area contributed by atoms with Crippen molar-refractivity contribution in [3.8, 4) is 16.5 Å². The molecule has 5 heteroatoms. The fourth-order valence-corrected chi connectivity index (χ4v) is 3.50. The van der Waals surface area contributed by atoms with E-state index in [1.54, 1.807) is 0 Å². The second-order valence-electron chi connectivity index (χ2n) is 4.75. The molecule has 2 aromatic heterocycles. The Balaban J connectivity index is 2.20. The van der Waals surface area contributed by atoms with Gasteiger partial charge in [-0.05, 0) is 18.1 Å². The number of aryl methyl sites for hydroxylation is 2. The van der Waals surface area contributed by atoms with Crippen LogP contribution in [0.25, 0.3) is 20.7 Å². The van der Waals surface area contributed by atoms with Gasteiger partial charge >= 0.3 is 0 Å². The lowest BCUT2D eigenvalue weighted by atomic mass is 10.1. The molecule has 4 nitrogen and oxygen atoms in total. The van der Waals surface area contributed by atoms with Crippen LogP contribution in [-0.2, 0) is 6.54 Å². The first-order valence-electron chi connectivity index (χ1n) is 6.63. The summed E-state index contributed by atoms with van der Waals surface area (Å²) < 4.78 is 1.51. The van der Waals surface area contributed by atoms with Gasteiger partial charge in [0.25, 0.3) is 5.56 Å². The van der Waals surface area contributed by atoms with Crippen LogP contribution in [-0.4, -0.2) is 9.55 Å². The number of nitrogens with zero attached hydrogens (tertiary/aromatic N) is 3. The summed E-state index contributed by atoms with van der Waals surface area (Å²) in [6.45, 7) is 2.34. The number of hydrogen-bond acceptors (Lipinski definition) is 4. The van der Waals surface area contributed by atoms with Crippen molar-refractivity contribution >= 4 is 21.6 Å². The zero-order valence-electron chi connectivity index (χ0n) is 11.5. The second kappa shape index (κ2) is 5.51. The second-order valence-corrected chi connectivity index (χ2v) is 5.75. The van der Waals surface area contributed by atoms with Gasteiger partial charge in [-0.25, -0.2) is 4.98 Å². The lowest BCUT2D eigenvalue weighted by Crippen LogP contribution is -2.20. The highest BCUT2D eigenvalue weighted by molar-refractivity contribution is 7.22. The van der Waals surface area contributed by atoms with Crippen LogP contribution in [0.15, 0.2) is 41.5 Å². The molecule has 0 aliphatic heterocycles. The zero-order valence-corrected chi connectivity index (χ0v) is 12.4. The molecule has 0 amide bonds. The fraction of sp³-hybridized carbons (Fsp3) is 0.188. The highest BCUT2D eigenvalue weighted by atomic mass is 32.1. The van der Waals surface area contributed by atoms with Crippen molar-refractivity contribution in [2.75, 3.05) is 0 Å². The Morgan fingerprint density at radius 3 is 2.81 bits per heavy atom. The molecule has 0 fully saturated rings. The van der Waals surface area contributed by atoms with Gasteiger partial charge in [-0.15, -0.1) is 11.3 Å². The maximum Gasteiger partial charge on any atom is 0.262 e. The molecule has 0 atom stereocenters. The van der Waals surface area contributed by atoms with E-state index in [0.717, 1.165) is 20.8 Å². The van der Waals surface area contributed by atoms with E-state index in [4.69, 9.17) is 5.26 Å². The molecule has 0 N–H and O–H groups in total. The Labute approximate surface area is 125 Å². The minimum absolute atomic E-state index is 0.0637. The summed E-state index contributed by atoms with van der Waals surface area (Å²) in [4.78, 5) is 18.7. The molecular formula is C16H13N3OS. The summed E-state index contributed by atoms with van der Waals surface area (Å²) in [7, 11) is 0. The minimum atomic E-state index is -0.0637. The van der Waals surface area contributed by atoms with Gasteiger partial charge in [0.15, 0.2) is 0 Å². The third-order valence-electron chi connectivity index (χ3n) is 3.42. The summed E-state index contributed by atoms with van der Waals surface area (Å²) >= 11 is 1.53. The summed E-state index contributed by atoms with van der Waals surface area (Å²) in [5, 5.41) is 9.32. The number of fused-ring (bicyclic) bond motifs is 1. The van der Waals surface area contributed by atoms with Gasteiger partial charge in [-0.2, -0.15) is 5.26 Å². The number of rotatable bonds is 3. The van der Waals surface area contributed by atoms with E-state index in [2.05, 4.69) is 11.1 Å². The molecule has 0 saturated heterocycles. The van der Waals surface area contributed by atoms with Crippen LogP contribution in [0.1, 0.15) is 12.0 Å². The Hall–Kier alpha value is -2.45. The zero-order chi connectivity index (χ0) is 14.8. The summed E-state index contributed by atoms with van der Waals surface area (Å²) in [5.74, 6) is 0. The van der Waals surface area contributed by atoms with Crippen molar-refractivity contribution in [1.82, 2.24) is 9.55 Å². The Bertz CT molecular complexity index is 888. The lowest BCUT2D eigenvalue weighted by molar-refractivity contribution is 0.679. The topological polar surface area (TPSA) is 58.7 Å². The molecule has 0 radical (unpaired) electrons. The lowest BCUT2D eigenvalue weighted by Gasteiger charge is -2.02. The predicted molar refractivity (Wildman–Crippen MR) is 84.3 cm³/mol. The third kappa shape index (κ3) is 2.34. The highest BCUT2D eigenvalue weighted by Gasteiger charge is 2.15. The highest BCUT2D eigenvalue weighted by Crippen LogP contribution is 2.35. The van der Waals surface area contributed by atoms with E-state index in [-0.39, 0.29) is 5.56 Å². The van der Waals surface area contributed by atoms with E-state index < -0.39 is 0 Å². The summed E-state index contributed by atoms with van der Waals surface area (Å²) in [6.07, 6.45) is 1.84. The molecule has 21 heavy (non-hydrogen) atoms. The number of benzene rings is 1. The van der Waals surface area contributed by atoms with Crippen molar-refractivity contribution in [2.24, 2.45) is 0 Å². The van der Waals surface area contributed by atoms with E-state index in [9.17, 15) is 4.79 Å². The molecule has 0 aliphatic carbocycles. The van der Waals surface area contributed by atoms with Crippen LogP contribution in [0.2, 0.25) is 0 Å². The molecule has 0 unspecified atom stereocenters. The molecule has 0 bridgehead atoms. The summed E-state index contributed by atoms with van der Waals surface area (Å²) in [6, 6.07) is 12.1. The van der Waals surface area contributed by atoms with Crippen LogP contribution in [0, 0.1) is 18.3 Å². The number of thiophene rings is 1. The Morgan fingerprint density at radius 1 is 1.33 bits per heavy atom. The minimum Gasteiger partial charge on any atom is -0.298 e. The standard InChI is InChI=1S/C16H13N3OS/c1-11-13-15(18-10-19(16(13)20)9-5-8-17)21-14(11)12-6-3-2-4-7-12/h2-4,6-7,10H,5,9H2,1H3. The first-order valence-corrected chi connectivity index (χ1v) is 7.45. The van der Waals surface area contributed by atoms with Crippen LogP contribution >= 0.6 is 11.3 Å². The van der Waals surface area contributed by atoms with E-state index in [1.165, 1.54) is 22.2 Å². The first-order chi connectivity index (χ1) is 10.2.